The van der Waals surface area contributed by atoms with Gasteiger partial charge in [0.1, 0.15) is 4.05 Å². The van der Waals surface area contributed by atoms with Crippen LogP contribution < -0.4 is 0 Å². The topological polar surface area (TPSA) is 42.0 Å². The lowest BCUT2D eigenvalue weighted by Crippen LogP contribution is -2.52. The number of ether oxygens (including phenoxy) is 2. The second-order valence-electron chi connectivity index (χ2n) is 6.30. The standard InChI is InChI=1S/C17H31I3N2O3/c1-7-11(13(9-3)24-5)21-15(18)17(19,20)22(16(21)23)12(8-2)14(10-4)25-6/h11-15H,7-10H2,1-6H3. The summed E-state index contributed by atoms with van der Waals surface area (Å²) in [5.74, 6) is 0. The Labute approximate surface area is 193 Å². The molecule has 0 saturated carbocycles. The molecule has 1 fully saturated rings. The Hall–Kier alpha value is 1.38. The van der Waals surface area contributed by atoms with Crippen LogP contribution in [0.25, 0.3) is 0 Å². The molecular formula is C17H31I3N2O3. The molecule has 25 heavy (non-hydrogen) atoms. The number of carbonyl (C=O) groups excluding carboxylic acids is 1. The van der Waals surface area contributed by atoms with Gasteiger partial charge in [-0.3, -0.25) is 4.90 Å². The lowest BCUT2D eigenvalue weighted by molar-refractivity contribution is 0.0175. The van der Waals surface area contributed by atoms with E-state index in [0.717, 1.165) is 25.7 Å². The third-order valence-corrected chi connectivity index (χ3v) is 11.2. The number of amides is 2. The van der Waals surface area contributed by atoms with Crippen molar-refractivity contribution in [2.75, 3.05) is 14.2 Å². The van der Waals surface area contributed by atoms with E-state index in [9.17, 15) is 4.79 Å². The van der Waals surface area contributed by atoms with Gasteiger partial charge >= 0.3 is 6.03 Å². The minimum Gasteiger partial charge on any atom is -0.379 e. The van der Waals surface area contributed by atoms with E-state index in [1.807, 2.05) is 9.80 Å². The van der Waals surface area contributed by atoms with Gasteiger partial charge in [-0.25, -0.2) is 4.79 Å². The average Bonchev–Trinajstić information content (AvgIpc) is 2.76. The van der Waals surface area contributed by atoms with Gasteiger partial charge < -0.3 is 14.4 Å². The van der Waals surface area contributed by atoms with Gasteiger partial charge in [0.25, 0.3) is 0 Å². The van der Waals surface area contributed by atoms with Crippen molar-refractivity contribution in [1.29, 1.82) is 0 Å². The number of hydrogen-bond donors (Lipinski definition) is 0. The Balaban J connectivity index is 3.28. The molecule has 0 N–H and O–H groups in total. The molecular weight excluding hydrogens is 661 g/mol. The van der Waals surface area contributed by atoms with Crippen molar-refractivity contribution in [3.05, 3.63) is 0 Å². The Morgan fingerprint density at radius 3 is 1.76 bits per heavy atom. The number of alkyl halides is 3. The monoisotopic (exact) mass is 692 g/mol. The first-order valence-corrected chi connectivity index (χ1v) is 12.4. The van der Waals surface area contributed by atoms with Crippen molar-refractivity contribution in [3.63, 3.8) is 0 Å². The van der Waals surface area contributed by atoms with Crippen LogP contribution in [0.2, 0.25) is 0 Å². The van der Waals surface area contributed by atoms with E-state index in [1.165, 1.54) is 0 Å². The third-order valence-electron chi connectivity index (χ3n) is 5.07. The number of halogens is 3. The molecule has 8 heteroatoms. The van der Waals surface area contributed by atoms with E-state index in [0.29, 0.717) is 0 Å². The molecule has 1 rings (SSSR count). The van der Waals surface area contributed by atoms with E-state index in [-0.39, 0.29) is 35.9 Å². The minimum absolute atomic E-state index is 0.0471. The van der Waals surface area contributed by atoms with E-state index in [4.69, 9.17) is 9.47 Å². The molecule has 0 aromatic heterocycles. The smallest absolute Gasteiger partial charge is 0.323 e. The fourth-order valence-electron chi connectivity index (χ4n) is 3.75. The number of urea groups is 1. The summed E-state index contributed by atoms with van der Waals surface area (Å²) in [5, 5.41) is 0. The van der Waals surface area contributed by atoms with Gasteiger partial charge in [-0.1, -0.05) is 50.3 Å². The van der Waals surface area contributed by atoms with Crippen molar-refractivity contribution >= 4 is 73.8 Å². The molecule has 1 heterocycles. The fourth-order valence-corrected chi connectivity index (χ4v) is 6.43. The number of rotatable bonds is 10. The maximum absolute atomic E-state index is 13.5. The second-order valence-corrected chi connectivity index (χ2v) is 12.8. The van der Waals surface area contributed by atoms with Gasteiger partial charge in [0, 0.05) is 14.2 Å². The van der Waals surface area contributed by atoms with Crippen LogP contribution in [-0.2, 0) is 9.47 Å². The number of carbonyl (C=O) groups is 1. The molecule has 0 radical (unpaired) electrons. The highest BCUT2D eigenvalue weighted by atomic mass is 127. The summed E-state index contributed by atoms with van der Waals surface area (Å²) in [6.45, 7) is 8.50. The lowest BCUT2D eigenvalue weighted by atomic mass is 10.0. The second kappa shape index (κ2) is 10.8. The van der Waals surface area contributed by atoms with Gasteiger partial charge in [0.2, 0.25) is 0 Å². The Bertz CT molecular complexity index is 431. The van der Waals surface area contributed by atoms with Crippen LogP contribution in [0.15, 0.2) is 0 Å². The minimum atomic E-state index is -0.320. The number of nitrogens with zero attached hydrogens (tertiary/aromatic N) is 2. The molecule has 0 aromatic rings. The highest BCUT2D eigenvalue weighted by molar-refractivity contribution is 14.2. The molecule has 0 aromatic carbocycles. The summed E-state index contributed by atoms with van der Waals surface area (Å²) in [4.78, 5) is 17.6. The summed E-state index contributed by atoms with van der Waals surface area (Å²) >= 11 is 7.29. The normalized spacial score (nSPS) is 25.2. The molecule has 5 atom stereocenters. The highest BCUT2D eigenvalue weighted by Crippen LogP contribution is 2.50. The third kappa shape index (κ3) is 4.87. The molecule has 0 aliphatic carbocycles. The van der Waals surface area contributed by atoms with E-state index in [2.05, 4.69) is 95.5 Å². The van der Waals surface area contributed by atoms with Crippen LogP contribution in [0.5, 0.6) is 0 Å². The maximum Gasteiger partial charge on any atom is 0.323 e. The first-order chi connectivity index (χ1) is 11.8. The van der Waals surface area contributed by atoms with Gasteiger partial charge in [-0.15, -0.1) is 0 Å². The lowest BCUT2D eigenvalue weighted by Gasteiger charge is -2.38. The average molecular weight is 692 g/mol. The van der Waals surface area contributed by atoms with Crippen molar-refractivity contribution in [3.8, 4) is 0 Å². The van der Waals surface area contributed by atoms with Crippen LogP contribution in [0.1, 0.15) is 53.4 Å². The van der Waals surface area contributed by atoms with Gasteiger partial charge in [-0.2, -0.15) is 0 Å². The maximum atomic E-state index is 13.5. The molecule has 1 aliphatic rings. The molecule has 1 saturated heterocycles. The largest absolute Gasteiger partial charge is 0.379 e. The zero-order chi connectivity index (χ0) is 19.4. The van der Waals surface area contributed by atoms with Crippen LogP contribution in [0, 0.1) is 0 Å². The van der Waals surface area contributed by atoms with E-state index < -0.39 is 0 Å². The highest BCUT2D eigenvalue weighted by Gasteiger charge is 2.58. The SMILES string of the molecule is CCC(OC)C(CC)N1C(=O)N(C(CC)C(CC)OC)C(I)(I)C1I. The predicted octanol–water partition coefficient (Wildman–Crippen LogP) is 5.42. The molecule has 0 bridgehead atoms. The van der Waals surface area contributed by atoms with Crippen LogP contribution in [0.3, 0.4) is 0 Å². The van der Waals surface area contributed by atoms with Gasteiger partial charge in [0.15, 0.2) is 1.55 Å². The van der Waals surface area contributed by atoms with Crippen molar-refractivity contribution < 1.29 is 14.3 Å². The summed E-state index contributed by atoms with van der Waals surface area (Å²) in [6, 6.07) is 0.255. The van der Waals surface area contributed by atoms with Gasteiger partial charge in [0.05, 0.1) is 24.3 Å². The Morgan fingerprint density at radius 2 is 1.40 bits per heavy atom. The summed E-state index contributed by atoms with van der Waals surface area (Å²) < 4.78 is 11.1. The summed E-state index contributed by atoms with van der Waals surface area (Å²) in [7, 11) is 3.48. The Kier molecular flexibility index (Phi) is 10.5. The Morgan fingerprint density at radius 1 is 0.960 bits per heavy atom. The summed E-state index contributed by atoms with van der Waals surface area (Å²) in [5.41, 5.74) is 0. The molecule has 5 nitrogen and oxygen atoms in total. The number of methoxy groups -OCH3 is 2. The summed E-state index contributed by atoms with van der Waals surface area (Å²) in [6.07, 6.45) is 3.64. The van der Waals surface area contributed by atoms with Crippen LogP contribution in [0.4, 0.5) is 4.79 Å². The molecule has 5 unspecified atom stereocenters. The molecule has 1 aliphatic heterocycles. The van der Waals surface area contributed by atoms with E-state index in [1.54, 1.807) is 14.2 Å². The number of hydrogen-bond acceptors (Lipinski definition) is 3. The first-order valence-electron chi connectivity index (χ1n) is 8.95. The molecule has 2 amide bonds. The fraction of sp³-hybridized carbons (Fsp3) is 0.941. The predicted molar refractivity (Wildman–Crippen MR) is 128 cm³/mol. The van der Waals surface area contributed by atoms with E-state index >= 15 is 0 Å². The molecule has 0 spiro atoms. The quantitative estimate of drug-likeness (QED) is 0.175. The van der Waals surface area contributed by atoms with Crippen molar-refractivity contribution in [2.24, 2.45) is 0 Å². The van der Waals surface area contributed by atoms with Gasteiger partial charge in [-0.05, 0) is 70.9 Å². The molecule has 148 valence electrons. The van der Waals surface area contributed by atoms with Crippen molar-refractivity contribution in [2.45, 2.75) is 83.3 Å². The van der Waals surface area contributed by atoms with Crippen LogP contribution >= 0.6 is 67.8 Å². The zero-order valence-electron chi connectivity index (χ0n) is 16.0. The zero-order valence-corrected chi connectivity index (χ0v) is 22.4. The van der Waals surface area contributed by atoms with Crippen molar-refractivity contribution in [1.82, 2.24) is 9.80 Å². The first kappa shape index (κ1) is 24.4. The van der Waals surface area contributed by atoms with Crippen LogP contribution in [-0.4, -0.2) is 59.9 Å².